The Kier molecular flexibility index (Phi) is 17.2. The number of aromatic nitrogens is 1. The number of hydrogen-bond acceptors (Lipinski definition) is 20. The number of rotatable bonds is 11. The molecule has 4 heterocycles. The van der Waals surface area contributed by atoms with Gasteiger partial charge in [-0.15, -0.1) is 0 Å². The number of piperazine rings is 1. The molecule has 0 aliphatic carbocycles. The van der Waals surface area contributed by atoms with Gasteiger partial charge in [-0.2, -0.15) is 0 Å². The first-order chi connectivity index (χ1) is 36.4. The van der Waals surface area contributed by atoms with E-state index in [2.05, 4.69) is 11.9 Å². The monoisotopic (exact) mass is 1070 g/mol. The van der Waals surface area contributed by atoms with E-state index < -0.39 is 106 Å². The fraction of sp³-hybridized carbons (Fsp3) is 0.464. The first kappa shape index (κ1) is 56.9. The molecule has 21 heteroatoms. The minimum atomic E-state index is -1.98. The van der Waals surface area contributed by atoms with Crippen LogP contribution in [0, 0.1) is 42.4 Å². The SMILES string of the molecule is C=C(OCOC(=O)CCC(C=O)C=O)N1CCN(c2cc(=O)c3nc4c(oc3c2)c2c(=O)c3c(O)c(C)c5c(c34)=C(O)[C@@](C)(O/C=C/[C@H](C)[C@@H](C)[C@@H](OC(C)=O)[C@H](C)[C@H](O)[C@H](C)[C@@H](O)[C@@H](C)/C=C/C=C(/C)C(=O)N2)O5)CC1. The lowest BCUT2D eigenvalue weighted by atomic mass is 9.77. The van der Waals surface area contributed by atoms with Gasteiger partial charge in [0.05, 0.1) is 35.0 Å². The van der Waals surface area contributed by atoms with Crippen LogP contribution in [0.2, 0.25) is 0 Å². The molecule has 3 aliphatic heterocycles. The fourth-order valence-electron chi connectivity index (χ4n) is 9.92. The average Bonchev–Trinajstić information content (AvgIpc) is 3.72. The average molecular weight is 1070 g/mol. The number of phenols is 1. The van der Waals surface area contributed by atoms with Crippen molar-refractivity contribution >= 4 is 80.5 Å². The largest absolute Gasteiger partial charge is 0.507 e. The van der Waals surface area contributed by atoms with Gasteiger partial charge in [-0.25, -0.2) is 4.98 Å². The standard InChI is InChI=1S/C56H66N4O17/c1-27-16-21-74-56(10)54(70)43-41-42(49(68)33(7)52(43)77-56)50(69)46(58-55(71)29(3)13-11-12-28(2)47(66)31(5)48(67)32(6)51(30(27)4)75-35(9)63)53-45(41)57-44-38(64)22-37(23-39(44)76-53)60-19-17-59(18-20-60)34(8)72-26-73-40(65)15-14-36(24-61)25-62/h11-13,16,21-25,27-28,30-32,36,47-48,51,66-68,70H,8,14-15,17-20,26H2,1-7,9-10H3,(H,58,71)/b12-11+,21-16+,29-13-/t27-,28-,30+,31+,32+,47-,48+,51+,56-/m0/s1. The normalized spacial score (nSPS) is 26.9. The Balaban J connectivity index is 1.31. The van der Waals surface area contributed by atoms with Gasteiger partial charge in [0.15, 0.2) is 28.3 Å². The van der Waals surface area contributed by atoms with Gasteiger partial charge >= 0.3 is 17.7 Å². The predicted octanol–water partition coefficient (Wildman–Crippen LogP) is 5.09. The Labute approximate surface area is 443 Å². The molecule has 1 aromatic heterocycles. The van der Waals surface area contributed by atoms with Crippen molar-refractivity contribution in [1.29, 1.82) is 0 Å². The molecular weight excluding hydrogens is 1000 g/mol. The second-order valence-corrected chi connectivity index (χ2v) is 20.3. The summed E-state index contributed by atoms with van der Waals surface area (Å²) in [6, 6.07) is 2.93. The number of aliphatic hydroxyl groups excluding tert-OH is 3. The summed E-state index contributed by atoms with van der Waals surface area (Å²) in [6.07, 6.45) is 5.37. The molecule has 9 atom stereocenters. The number of aromatic hydroxyl groups is 1. The zero-order valence-corrected chi connectivity index (χ0v) is 44.5. The maximum Gasteiger partial charge on any atom is 0.308 e. The molecule has 0 unspecified atom stereocenters. The summed E-state index contributed by atoms with van der Waals surface area (Å²) in [5.74, 6) is -8.56. The molecule has 1 saturated heterocycles. The van der Waals surface area contributed by atoms with Gasteiger partial charge in [0.25, 0.3) is 5.91 Å². The van der Waals surface area contributed by atoms with E-state index in [4.69, 9.17) is 33.1 Å². The molecule has 3 aromatic carbocycles. The number of benzene rings is 3. The molecule has 0 radical (unpaired) electrons. The van der Waals surface area contributed by atoms with Crippen molar-refractivity contribution in [3.8, 4) is 11.5 Å². The number of aliphatic hydroxyl groups is 3. The summed E-state index contributed by atoms with van der Waals surface area (Å²) in [6.45, 7) is 19.4. The summed E-state index contributed by atoms with van der Waals surface area (Å²) in [7, 11) is 0. The number of allylic oxidation sites excluding steroid dienone is 3. The number of carbonyl (C=O) groups is 5. The molecule has 412 valence electrons. The second-order valence-electron chi connectivity index (χ2n) is 20.3. The van der Waals surface area contributed by atoms with Crippen LogP contribution in [0.25, 0.3) is 38.7 Å². The second kappa shape index (κ2) is 23.2. The Bertz CT molecular complexity index is 3280. The lowest BCUT2D eigenvalue weighted by Crippen LogP contribution is -2.46. The van der Waals surface area contributed by atoms with Crippen LogP contribution in [0.1, 0.15) is 73.8 Å². The third kappa shape index (κ3) is 11.5. The Hall–Kier alpha value is -7.78. The van der Waals surface area contributed by atoms with Crippen molar-refractivity contribution in [2.75, 3.05) is 43.2 Å². The molecule has 0 spiro atoms. The summed E-state index contributed by atoms with van der Waals surface area (Å²) >= 11 is 0. The van der Waals surface area contributed by atoms with Gasteiger partial charge < -0.3 is 73.2 Å². The zero-order chi connectivity index (χ0) is 56.4. The third-order valence-electron chi connectivity index (χ3n) is 15.0. The van der Waals surface area contributed by atoms with Gasteiger partial charge in [0.1, 0.15) is 41.4 Å². The van der Waals surface area contributed by atoms with Gasteiger partial charge in [-0.05, 0) is 44.8 Å². The maximum absolute atomic E-state index is 15.0. The van der Waals surface area contributed by atoms with Crippen LogP contribution in [0.3, 0.4) is 0 Å². The number of carbonyl (C=O) groups excluding carboxylic acids is 5. The number of anilines is 2. The minimum absolute atomic E-state index is 0.0144. The molecule has 0 saturated carbocycles. The molecule has 3 aliphatic rings. The highest BCUT2D eigenvalue weighted by Crippen LogP contribution is 2.42. The Morgan fingerprint density at radius 3 is 2.27 bits per heavy atom. The third-order valence-corrected chi connectivity index (χ3v) is 15.0. The number of fused-ring (bicyclic) bond motifs is 5. The summed E-state index contributed by atoms with van der Waals surface area (Å²) in [5, 5.41) is 49.2. The molecular formula is C56H66N4O17. The smallest absolute Gasteiger partial charge is 0.308 e. The molecule has 7 rings (SSSR count). The Morgan fingerprint density at radius 1 is 0.922 bits per heavy atom. The van der Waals surface area contributed by atoms with Crippen molar-refractivity contribution in [2.45, 2.75) is 99.3 Å². The highest BCUT2D eigenvalue weighted by Gasteiger charge is 2.44. The Morgan fingerprint density at radius 2 is 1.61 bits per heavy atom. The van der Waals surface area contributed by atoms with Crippen LogP contribution in [0.15, 0.2) is 74.7 Å². The van der Waals surface area contributed by atoms with Crippen LogP contribution in [-0.4, -0.2) is 118 Å². The molecule has 21 nitrogen and oxygen atoms in total. The van der Waals surface area contributed by atoms with E-state index in [1.807, 2.05) is 18.7 Å². The molecule has 5 N–H and O–H groups in total. The number of aldehydes is 2. The number of amides is 1. The number of esters is 2. The summed E-state index contributed by atoms with van der Waals surface area (Å²) in [4.78, 5) is 98.0. The molecule has 1 amide bonds. The molecule has 4 aromatic rings. The van der Waals surface area contributed by atoms with E-state index in [0.29, 0.717) is 44.4 Å². The van der Waals surface area contributed by atoms with Crippen molar-refractivity contribution in [2.24, 2.45) is 35.5 Å². The van der Waals surface area contributed by atoms with Crippen LogP contribution in [0.5, 0.6) is 11.5 Å². The molecule has 77 heavy (non-hydrogen) atoms. The van der Waals surface area contributed by atoms with Crippen molar-refractivity contribution in [1.82, 2.24) is 9.88 Å². The van der Waals surface area contributed by atoms with E-state index in [9.17, 15) is 54.0 Å². The van der Waals surface area contributed by atoms with E-state index in [-0.39, 0.29) is 79.7 Å². The zero-order valence-electron chi connectivity index (χ0n) is 44.5. The number of nitrogens with one attached hydrogen (secondary N) is 1. The summed E-state index contributed by atoms with van der Waals surface area (Å²) in [5.41, 5.74) is -2.15. The number of nitrogens with zero attached hydrogens (tertiary/aromatic N) is 3. The van der Waals surface area contributed by atoms with E-state index in [0.717, 1.165) is 0 Å². The lowest BCUT2D eigenvalue weighted by Gasteiger charge is -2.37. The molecule has 1 fully saturated rings. The summed E-state index contributed by atoms with van der Waals surface area (Å²) < 4.78 is 35.3. The van der Waals surface area contributed by atoms with E-state index >= 15 is 0 Å². The molecule has 5 bridgehead atoms. The van der Waals surface area contributed by atoms with Gasteiger partial charge in [0.2, 0.25) is 17.7 Å². The number of hydrogen-bond donors (Lipinski definition) is 5. The lowest BCUT2D eigenvalue weighted by molar-refractivity contribution is -0.158. The first-order valence-electron chi connectivity index (χ1n) is 25.4. The van der Waals surface area contributed by atoms with Crippen LogP contribution >= 0.6 is 0 Å². The maximum atomic E-state index is 15.0. The number of ether oxygens (including phenoxy) is 5. The van der Waals surface area contributed by atoms with Crippen LogP contribution in [-0.2, 0) is 42.9 Å². The fourth-order valence-corrected chi connectivity index (χ4v) is 9.92. The highest BCUT2D eigenvalue weighted by atomic mass is 16.7. The number of phenolic OH excluding ortho intramolecular Hbond substituents is 1. The first-order valence-corrected chi connectivity index (χ1v) is 25.4. The van der Waals surface area contributed by atoms with Crippen LogP contribution in [0.4, 0.5) is 11.4 Å². The minimum Gasteiger partial charge on any atom is -0.507 e. The predicted molar refractivity (Wildman–Crippen MR) is 283 cm³/mol. The highest BCUT2D eigenvalue weighted by molar-refractivity contribution is 6.17. The van der Waals surface area contributed by atoms with Gasteiger partial charge in [-0.1, -0.05) is 52.8 Å². The van der Waals surface area contributed by atoms with E-state index in [1.165, 1.54) is 46.1 Å². The van der Waals surface area contributed by atoms with E-state index in [1.54, 1.807) is 50.0 Å². The van der Waals surface area contributed by atoms with Gasteiger partial charge in [0, 0.05) is 98.5 Å². The quantitative estimate of drug-likeness (QED) is 0.0249. The van der Waals surface area contributed by atoms with Gasteiger partial charge in [-0.3, -0.25) is 24.0 Å². The van der Waals surface area contributed by atoms with Crippen molar-refractivity contribution < 1.29 is 72.5 Å². The van der Waals surface area contributed by atoms with Crippen LogP contribution < -0.4 is 31.0 Å². The topological polar surface area (TPSA) is 291 Å². The van der Waals surface area contributed by atoms with Crippen molar-refractivity contribution in [3.63, 3.8) is 0 Å². The van der Waals surface area contributed by atoms with Crippen molar-refractivity contribution in [3.05, 3.63) is 92.0 Å².